The highest BCUT2D eigenvalue weighted by atomic mass is 14.7. The topological polar surface area (TPSA) is 12.9 Å². The molecule has 3 unspecified atom stereocenters. The molecule has 0 N–H and O–H groups in total. The molecule has 1 aromatic heterocycles. The molecule has 1 heterocycles. The highest BCUT2D eigenvalue weighted by Crippen LogP contribution is 2.70. The second-order valence-corrected chi connectivity index (χ2v) is 11.1. The third-order valence-corrected chi connectivity index (χ3v) is 10.4. The average Bonchev–Trinajstić information content (AvgIpc) is 3.05. The standard InChI is InChI=1S/C26H39N/c1-4-18-16-20-9-5-6-13-25(20,2)23-12-14-26(3)21(10-11-22(26)24(18)23)19-8-7-15-27-17-19/h7-8,15,17-18,20-24H,4-6,9-14,16H2,1-3H3/t18?,20?,21?,22-,23+,24-,25-,26+/m0/s1. The molecule has 148 valence electrons. The minimum atomic E-state index is 0.509. The van der Waals surface area contributed by atoms with Gasteiger partial charge in [-0.1, -0.05) is 46.1 Å². The predicted molar refractivity (Wildman–Crippen MR) is 112 cm³/mol. The van der Waals surface area contributed by atoms with Gasteiger partial charge < -0.3 is 0 Å². The minimum absolute atomic E-state index is 0.509. The van der Waals surface area contributed by atoms with Crippen molar-refractivity contribution in [2.75, 3.05) is 0 Å². The van der Waals surface area contributed by atoms with E-state index in [1.165, 1.54) is 69.8 Å². The van der Waals surface area contributed by atoms with Crippen LogP contribution in [-0.4, -0.2) is 4.98 Å². The fraction of sp³-hybridized carbons (Fsp3) is 0.808. The molecule has 1 aromatic rings. The Balaban J connectivity index is 1.50. The molecule has 0 aromatic carbocycles. The van der Waals surface area contributed by atoms with Gasteiger partial charge in [0.2, 0.25) is 0 Å². The van der Waals surface area contributed by atoms with E-state index >= 15 is 0 Å². The molecule has 4 aliphatic rings. The van der Waals surface area contributed by atoms with E-state index in [0.717, 1.165) is 35.5 Å². The number of fused-ring (bicyclic) bond motifs is 5. The molecule has 1 heteroatoms. The van der Waals surface area contributed by atoms with Gasteiger partial charge in [0, 0.05) is 12.4 Å². The van der Waals surface area contributed by atoms with Crippen LogP contribution in [0.25, 0.3) is 0 Å². The van der Waals surface area contributed by atoms with E-state index in [0.29, 0.717) is 10.8 Å². The first-order chi connectivity index (χ1) is 13.1. The fourth-order valence-electron chi connectivity index (χ4n) is 9.02. The van der Waals surface area contributed by atoms with Crippen molar-refractivity contribution >= 4 is 0 Å². The lowest BCUT2D eigenvalue weighted by atomic mass is 9.42. The van der Waals surface area contributed by atoms with E-state index in [1.54, 1.807) is 0 Å². The summed E-state index contributed by atoms with van der Waals surface area (Å²) in [6, 6.07) is 4.51. The Morgan fingerprint density at radius 3 is 2.63 bits per heavy atom. The summed E-state index contributed by atoms with van der Waals surface area (Å²) in [7, 11) is 0. The van der Waals surface area contributed by atoms with E-state index in [2.05, 4.69) is 44.1 Å². The summed E-state index contributed by atoms with van der Waals surface area (Å²) in [5, 5.41) is 0. The van der Waals surface area contributed by atoms with Gasteiger partial charge in [-0.3, -0.25) is 4.98 Å². The molecule has 0 bridgehead atoms. The van der Waals surface area contributed by atoms with Crippen LogP contribution in [0.4, 0.5) is 0 Å². The maximum atomic E-state index is 4.48. The molecule has 0 radical (unpaired) electrons. The summed E-state index contributed by atoms with van der Waals surface area (Å²) >= 11 is 0. The first-order valence-corrected chi connectivity index (χ1v) is 12.0. The van der Waals surface area contributed by atoms with Crippen molar-refractivity contribution < 1.29 is 0 Å². The van der Waals surface area contributed by atoms with E-state index in [-0.39, 0.29) is 0 Å². The van der Waals surface area contributed by atoms with Crippen LogP contribution in [0.5, 0.6) is 0 Å². The van der Waals surface area contributed by atoms with Gasteiger partial charge in [-0.2, -0.15) is 0 Å². The van der Waals surface area contributed by atoms with E-state index in [4.69, 9.17) is 0 Å². The van der Waals surface area contributed by atoms with Gasteiger partial charge in [0.1, 0.15) is 0 Å². The zero-order valence-corrected chi connectivity index (χ0v) is 17.8. The number of pyridine rings is 1. The van der Waals surface area contributed by atoms with Crippen LogP contribution >= 0.6 is 0 Å². The van der Waals surface area contributed by atoms with Gasteiger partial charge in [-0.15, -0.1) is 0 Å². The zero-order valence-electron chi connectivity index (χ0n) is 17.8. The molecule has 5 rings (SSSR count). The van der Waals surface area contributed by atoms with Crippen molar-refractivity contribution in [2.45, 2.75) is 90.9 Å². The summed E-state index contributed by atoms with van der Waals surface area (Å²) in [6.45, 7) is 7.88. The lowest BCUT2D eigenvalue weighted by molar-refractivity contribution is -0.134. The highest BCUT2D eigenvalue weighted by molar-refractivity contribution is 5.23. The number of aromatic nitrogens is 1. The van der Waals surface area contributed by atoms with E-state index < -0.39 is 0 Å². The summed E-state index contributed by atoms with van der Waals surface area (Å²) in [5.74, 6) is 5.71. The Hall–Kier alpha value is -0.850. The first kappa shape index (κ1) is 18.2. The van der Waals surface area contributed by atoms with Gasteiger partial charge >= 0.3 is 0 Å². The number of nitrogens with zero attached hydrogens (tertiary/aromatic N) is 1. The fourth-order valence-corrected chi connectivity index (χ4v) is 9.02. The van der Waals surface area contributed by atoms with Gasteiger partial charge in [-0.25, -0.2) is 0 Å². The smallest absolute Gasteiger partial charge is 0.0302 e. The largest absolute Gasteiger partial charge is 0.264 e. The normalized spacial score (nSPS) is 49.1. The maximum absolute atomic E-state index is 4.48. The summed E-state index contributed by atoms with van der Waals surface area (Å²) < 4.78 is 0. The molecule has 4 saturated carbocycles. The van der Waals surface area contributed by atoms with Gasteiger partial charge in [-0.05, 0) is 103 Å². The predicted octanol–water partition coefficient (Wildman–Crippen LogP) is 7.23. The van der Waals surface area contributed by atoms with Gasteiger partial charge in [0.15, 0.2) is 0 Å². The Kier molecular flexibility index (Phi) is 4.45. The monoisotopic (exact) mass is 365 g/mol. The molecule has 4 fully saturated rings. The van der Waals surface area contributed by atoms with Crippen molar-refractivity contribution in [3.8, 4) is 0 Å². The second-order valence-electron chi connectivity index (χ2n) is 11.1. The van der Waals surface area contributed by atoms with Crippen LogP contribution in [0.15, 0.2) is 24.5 Å². The average molecular weight is 366 g/mol. The van der Waals surface area contributed by atoms with Crippen molar-refractivity contribution in [1.82, 2.24) is 4.98 Å². The van der Waals surface area contributed by atoms with Crippen LogP contribution in [0.2, 0.25) is 0 Å². The van der Waals surface area contributed by atoms with Gasteiger partial charge in [0.05, 0.1) is 0 Å². The summed E-state index contributed by atoms with van der Waals surface area (Å²) in [5.41, 5.74) is 2.68. The zero-order chi connectivity index (χ0) is 18.6. The second kappa shape index (κ2) is 6.60. The third-order valence-electron chi connectivity index (χ3n) is 10.4. The molecule has 0 aliphatic heterocycles. The van der Waals surface area contributed by atoms with Crippen molar-refractivity contribution in [3.05, 3.63) is 30.1 Å². The van der Waals surface area contributed by atoms with Crippen LogP contribution in [0, 0.1) is 40.4 Å². The number of hydrogen-bond acceptors (Lipinski definition) is 1. The molecule has 4 aliphatic carbocycles. The molecule has 1 nitrogen and oxygen atoms in total. The summed E-state index contributed by atoms with van der Waals surface area (Å²) in [6.07, 6.45) is 18.9. The Morgan fingerprint density at radius 2 is 1.85 bits per heavy atom. The molecule has 0 saturated heterocycles. The lowest BCUT2D eigenvalue weighted by Gasteiger charge is -2.63. The van der Waals surface area contributed by atoms with Crippen LogP contribution in [0.3, 0.4) is 0 Å². The molecular formula is C26H39N. The van der Waals surface area contributed by atoms with Gasteiger partial charge in [0.25, 0.3) is 0 Å². The molecular weight excluding hydrogens is 326 g/mol. The van der Waals surface area contributed by atoms with Crippen LogP contribution in [0.1, 0.15) is 96.5 Å². The molecule has 0 amide bonds. The Labute approximate surface area is 166 Å². The third kappa shape index (κ3) is 2.59. The van der Waals surface area contributed by atoms with Crippen molar-refractivity contribution in [3.63, 3.8) is 0 Å². The summed E-state index contributed by atoms with van der Waals surface area (Å²) in [4.78, 5) is 4.48. The SMILES string of the molecule is CCC1CC2CCCC[C@]2(C)[C@@H]2CC[C@]3(C)C(c4cccnc4)CC[C@H]3[C@H]12. The van der Waals surface area contributed by atoms with Crippen molar-refractivity contribution in [1.29, 1.82) is 0 Å². The Bertz CT molecular complexity index is 668. The van der Waals surface area contributed by atoms with Crippen molar-refractivity contribution in [2.24, 2.45) is 40.4 Å². The maximum Gasteiger partial charge on any atom is 0.0302 e. The molecule has 0 spiro atoms. The molecule has 27 heavy (non-hydrogen) atoms. The van der Waals surface area contributed by atoms with Crippen LogP contribution < -0.4 is 0 Å². The first-order valence-electron chi connectivity index (χ1n) is 12.0. The molecule has 8 atom stereocenters. The van der Waals surface area contributed by atoms with E-state index in [1.807, 2.05) is 6.20 Å². The minimum Gasteiger partial charge on any atom is -0.264 e. The highest BCUT2D eigenvalue weighted by Gasteiger charge is 2.61. The number of rotatable bonds is 2. The van der Waals surface area contributed by atoms with E-state index in [9.17, 15) is 0 Å². The van der Waals surface area contributed by atoms with Crippen LogP contribution in [-0.2, 0) is 0 Å². The lowest BCUT2D eigenvalue weighted by Crippen LogP contribution is -2.55. The number of hydrogen-bond donors (Lipinski definition) is 0. The Morgan fingerprint density at radius 1 is 1.00 bits per heavy atom. The quantitative estimate of drug-likeness (QED) is 0.538.